The molecule has 0 aromatic heterocycles. The van der Waals surface area contributed by atoms with Crippen molar-refractivity contribution in [3.8, 4) is 0 Å². The molecule has 0 spiro atoms. The summed E-state index contributed by atoms with van der Waals surface area (Å²) < 4.78 is 4.80. The van der Waals surface area contributed by atoms with Crippen molar-refractivity contribution < 1.29 is 14.3 Å². The molecule has 1 aromatic carbocycles. The number of ether oxygens (including phenoxy) is 1. The summed E-state index contributed by atoms with van der Waals surface area (Å²) in [6, 6.07) is 6.94. The molecule has 1 aromatic rings. The molecule has 1 rings (SSSR count). The molecule has 0 aliphatic carbocycles. The smallest absolute Gasteiger partial charge is 0.311 e. The Kier molecular flexibility index (Phi) is 4.31. The van der Waals surface area contributed by atoms with Crippen molar-refractivity contribution >= 4 is 23.5 Å². The highest BCUT2D eigenvalue weighted by atomic mass is 35.5. The third-order valence-electron chi connectivity index (χ3n) is 2.00. The van der Waals surface area contributed by atoms with E-state index in [4.69, 9.17) is 22.1 Å². The third-order valence-corrected chi connectivity index (χ3v) is 2.37. The predicted molar refractivity (Wildman–Crippen MR) is 59.9 cm³/mol. The van der Waals surface area contributed by atoms with Gasteiger partial charge in [-0.1, -0.05) is 29.8 Å². The van der Waals surface area contributed by atoms with Crippen LogP contribution in [0.4, 0.5) is 0 Å². The topological polar surface area (TPSA) is 69.4 Å². The molecular formula is C11H12ClNO3. The van der Waals surface area contributed by atoms with Gasteiger partial charge in [0.2, 0.25) is 0 Å². The highest BCUT2D eigenvalue weighted by molar-refractivity contribution is 6.31. The van der Waals surface area contributed by atoms with E-state index in [9.17, 15) is 9.59 Å². The maximum Gasteiger partial charge on any atom is 0.311 e. The first-order valence-corrected chi connectivity index (χ1v) is 5.10. The molecular weight excluding hydrogens is 230 g/mol. The standard InChI is InChI=1S/C11H12ClNO3/c1-7(11(13)15)16-10(14)6-8-4-2-3-5-9(8)12/h2-5,7H,6H2,1H3,(H2,13,15). The Morgan fingerprint density at radius 1 is 1.44 bits per heavy atom. The van der Waals surface area contributed by atoms with Crippen molar-refractivity contribution in [3.63, 3.8) is 0 Å². The van der Waals surface area contributed by atoms with Crippen molar-refractivity contribution in [1.29, 1.82) is 0 Å². The first-order valence-electron chi connectivity index (χ1n) is 4.73. The quantitative estimate of drug-likeness (QED) is 0.808. The number of carbonyl (C=O) groups is 2. The molecule has 16 heavy (non-hydrogen) atoms. The fraction of sp³-hybridized carbons (Fsp3) is 0.273. The van der Waals surface area contributed by atoms with Crippen molar-refractivity contribution in [2.24, 2.45) is 5.73 Å². The number of hydrogen-bond acceptors (Lipinski definition) is 3. The normalized spacial score (nSPS) is 11.9. The molecule has 0 radical (unpaired) electrons. The van der Waals surface area contributed by atoms with Crippen LogP contribution in [0.1, 0.15) is 12.5 Å². The van der Waals surface area contributed by atoms with E-state index in [2.05, 4.69) is 0 Å². The van der Waals surface area contributed by atoms with E-state index in [0.717, 1.165) is 0 Å². The summed E-state index contributed by atoms with van der Waals surface area (Å²) in [6.07, 6.45) is -0.896. The number of carbonyl (C=O) groups excluding carboxylic acids is 2. The van der Waals surface area contributed by atoms with Gasteiger partial charge >= 0.3 is 5.97 Å². The number of nitrogens with two attached hydrogens (primary N) is 1. The minimum atomic E-state index is -0.921. The number of esters is 1. The van der Waals surface area contributed by atoms with Crippen molar-refractivity contribution in [1.82, 2.24) is 0 Å². The molecule has 1 atom stereocenters. The Balaban J connectivity index is 2.59. The van der Waals surface area contributed by atoms with Gasteiger partial charge in [0.1, 0.15) is 0 Å². The third kappa shape index (κ3) is 3.55. The Labute approximate surface area is 98.3 Å². The lowest BCUT2D eigenvalue weighted by Gasteiger charge is -2.09. The Morgan fingerprint density at radius 2 is 2.06 bits per heavy atom. The number of halogens is 1. The van der Waals surface area contributed by atoms with Crippen LogP contribution in [0, 0.1) is 0 Å². The Hall–Kier alpha value is -1.55. The fourth-order valence-corrected chi connectivity index (χ4v) is 1.30. The van der Waals surface area contributed by atoms with E-state index in [1.54, 1.807) is 24.3 Å². The van der Waals surface area contributed by atoms with Crippen molar-refractivity contribution in [3.05, 3.63) is 34.9 Å². The highest BCUT2D eigenvalue weighted by Crippen LogP contribution is 2.15. The van der Waals surface area contributed by atoms with Crippen LogP contribution in [0.2, 0.25) is 5.02 Å². The minimum absolute atomic E-state index is 0.0251. The summed E-state index contributed by atoms with van der Waals surface area (Å²) in [5, 5.41) is 0.492. The Bertz CT molecular complexity index is 406. The van der Waals surface area contributed by atoms with Gasteiger partial charge in [0.05, 0.1) is 6.42 Å². The lowest BCUT2D eigenvalue weighted by Crippen LogP contribution is -2.30. The molecule has 0 saturated carbocycles. The summed E-state index contributed by atoms with van der Waals surface area (Å²) in [7, 11) is 0. The number of amides is 1. The van der Waals surface area contributed by atoms with Gasteiger partial charge in [-0.25, -0.2) is 0 Å². The van der Waals surface area contributed by atoms with Crippen LogP contribution in [0.5, 0.6) is 0 Å². The second-order valence-corrected chi connectivity index (χ2v) is 3.71. The first-order chi connectivity index (χ1) is 7.50. The zero-order chi connectivity index (χ0) is 12.1. The lowest BCUT2D eigenvalue weighted by atomic mass is 10.1. The van der Waals surface area contributed by atoms with E-state index >= 15 is 0 Å². The maximum atomic E-state index is 11.4. The molecule has 4 nitrogen and oxygen atoms in total. The summed E-state index contributed by atoms with van der Waals surface area (Å²) in [6.45, 7) is 1.42. The van der Waals surface area contributed by atoms with Gasteiger partial charge in [-0.05, 0) is 18.6 Å². The molecule has 5 heteroatoms. The zero-order valence-corrected chi connectivity index (χ0v) is 9.53. The summed E-state index contributed by atoms with van der Waals surface area (Å²) in [5.74, 6) is -1.20. The molecule has 0 aliphatic heterocycles. The largest absolute Gasteiger partial charge is 0.452 e. The second kappa shape index (κ2) is 5.51. The summed E-state index contributed by atoms with van der Waals surface area (Å²) in [5.41, 5.74) is 5.62. The van der Waals surface area contributed by atoms with Gasteiger partial charge in [0, 0.05) is 5.02 Å². The number of primary amides is 1. The predicted octanol–water partition coefficient (Wildman–Crippen LogP) is 1.30. The van der Waals surface area contributed by atoms with E-state index in [-0.39, 0.29) is 6.42 Å². The van der Waals surface area contributed by atoms with Gasteiger partial charge < -0.3 is 10.5 Å². The SMILES string of the molecule is CC(OC(=O)Cc1ccccc1Cl)C(N)=O. The van der Waals surface area contributed by atoms with Gasteiger partial charge in [-0.15, -0.1) is 0 Å². The minimum Gasteiger partial charge on any atom is -0.452 e. The van der Waals surface area contributed by atoms with Crippen LogP contribution in [0.3, 0.4) is 0 Å². The van der Waals surface area contributed by atoms with Crippen LogP contribution in [0.25, 0.3) is 0 Å². The zero-order valence-electron chi connectivity index (χ0n) is 8.77. The maximum absolute atomic E-state index is 11.4. The van der Waals surface area contributed by atoms with Crippen LogP contribution in [0.15, 0.2) is 24.3 Å². The number of rotatable bonds is 4. The molecule has 0 saturated heterocycles. The van der Waals surface area contributed by atoms with Crippen LogP contribution < -0.4 is 5.73 Å². The van der Waals surface area contributed by atoms with Crippen LogP contribution >= 0.6 is 11.6 Å². The fourth-order valence-electron chi connectivity index (χ4n) is 1.09. The molecule has 0 heterocycles. The average Bonchev–Trinajstić information content (AvgIpc) is 2.21. The van der Waals surface area contributed by atoms with Gasteiger partial charge in [-0.3, -0.25) is 9.59 Å². The van der Waals surface area contributed by atoms with Crippen molar-refractivity contribution in [2.45, 2.75) is 19.4 Å². The lowest BCUT2D eigenvalue weighted by molar-refractivity contribution is -0.153. The summed E-state index contributed by atoms with van der Waals surface area (Å²) in [4.78, 5) is 22.1. The molecule has 1 unspecified atom stereocenters. The average molecular weight is 242 g/mol. The Morgan fingerprint density at radius 3 is 2.62 bits per heavy atom. The highest BCUT2D eigenvalue weighted by Gasteiger charge is 2.15. The van der Waals surface area contributed by atoms with Gasteiger partial charge in [0.25, 0.3) is 5.91 Å². The molecule has 0 fully saturated rings. The molecule has 0 bridgehead atoms. The number of hydrogen-bond donors (Lipinski definition) is 1. The molecule has 1 amide bonds. The summed E-state index contributed by atoms with van der Waals surface area (Å²) >= 11 is 5.87. The van der Waals surface area contributed by atoms with Crippen LogP contribution in [-0.2, 0) is 20.7 Å². The second-order valence-electron chi connectivity index (χ2n) is 3.30. The number of benzene rings is 1. The van der Waals surface area contributed by atoms with Crippen molar-refractivity contribution in [2.75, 3.05) is 0 Å². The van der Waals surface area contributed by atoms with Crippen LogP contribution in [-0.4, -0.2) is 18.0 Å². The van der Waals surface area contributed by atoms with E-state index in [1.165, 1.54) is 6.92 Å². The van der Waals surface area contributed by atoms with E-state index in [0.29, 0.717) is 10.6 Å². The molecule has 86 valence electrons. The van der Waals surface area contributed by atoms with E-state index in [1.807, 2.05) is 0 Å². The monoisotopic (exact) mass is 241 g/mol. The molecule has 0 aliphatic rings. The van der Waals surface area contributed by atoms with Gasteiger partial charge in [-0.2, -0.15) is 0 Å². The first kappa shape index (κ1) is 12.5. The van der Waals surface area contributed by atoms with Gasteiger partial charge in [0.15, 0.2) is 6.10 Å². The molecule has 2 N–H and O–H groups in total. The van der Waals surface area contributed by atoms with E-state index < -0.39 is 18.0 Å².